The quantitative estimate of drug-likeness (QED) is 0.157. The van der Waals surface area contributed by atoms with Gasteiger partial charge in [0, 0.05) is 12.7 Å². The minimum Gasteiger partial charge on any atom is -0.489 e. The molecule has 0 radical (unpaired) electrons. The zero-order valence-electron chi connectivity index (χ0n) is 22.6. The summed E-state index contributed by atoms with van der Waals surface area (Å²) in [6.45, 7) is 1.47. The summed E-state index contributed by atoms with van der Waals surface area (Å²) in [5.41, 5.74) is 3.61. The van der Waals surface area contributed by atoms with Crippen molar-refractivity contribution >= 4 is 0 Å². The predicted molar refractivity (Wildman–Crippen MR) is 154 cm³/mol. The van der Waals surface area contributed by atoms with Crippen LogP contribution in [0.5, 0.6) is 11.5 Å². The van der Waals surface area contributed by atoms with E-state index in [0.717, 1.165) is 29.9 Å². The lowest BCUT2D eigenvalue weighted by atomic mass is 10.0. The lowest BCUT2D eigenvalue weighted by molar-refractivity contribution is 0.282. The van der Waals surface area contributed by atoms with Gasteiger partial charge in [-0.25, -0.2) is 0 Å². The zero-order valence-corrected chi connectivity index (χ0v) is 22.6. The molecule has 0 unspecified atom stereocenters. The van der Waals surface area contributed by atoms with Crippen LogP contribution in [0, 0.1) is 0 Å². The molecule has 0 saturated carbocycles. The molecule has 0 fully saturated rings. The minimum absolute atomic E-state index is 0.344. The Hall–Kier alpha value is -2.78. The molecule has 3 heteroatoms. The van der Waals surface area contributed by atoms with Crippen LogP contribution in [0.25, 0.3) is 0 Å². The summed E-state index contributed by atoms with van der Waals surface area (Å²) in [6.07, 6.45) is 16.3. The van der Waals surface area contributed by atoms with Gasteiger partial charge >= 0.3 is 0 Å². The average Bonchev–Trinajstić information content (AvgIpc) is 2.95. The van der Waals surface area contributed by atoms with Crippen LogP contribution in [0.3, 0.4) is 0 Å². The number of aryl methyl sites for hydroxylation is 1. The van der Waals surface area contributed by atoms with Crippen LogP contribution in [-0.2, 0) is 19.6 Å². The van der Waals surface area contributed by atoms with E-state index in [1.807, 2.05) is 24.3 Å². The number of unbranched alkanes of at least 4 members (excludes halogenated alkanes) is 11. The highest BCUT2D eigenvalue weighted by molar-refractivity contribution is 5.41. The molecule has 3 nitrogen and oxygen atoms in total. The van der Waals surface area contributed by atoms with Gasteiger partial charge in [0.25, 0.3) is 0 Å². The molecule has 0 aliphatic heterocycles. The molecule has 0 bridgehead atoms. The molecular formula is C34H46O3. The maximum atomic E-state index is 8.83. The smallest absolute Gasteiger partial charge is 0.126 e. The Morgan fingerprint density at radius 3 is 1.51 bits per heavy atom. The average molecular weight is 503 g/mol. The number of hydrogen-bond acceptors (Lipinski definition) is 3. The summed E-state index contributed by atoms with van der Waals surface area (Å²) in [5.74, 6) is 1.79. The second-order valence-electron chi connectivity index (χ2n) is 10.0. The van der Waals surface area contributed by atoms with E-state index in [1.54, 1.807) is 0 Å². The number of ether oxygens (including phenoxy) is 2. The summed E-state index contributed by atoms with van der Waals surface area (Å²) in [6, 6.07) is 27.0. The van der Waals surface area contributed by atoms with Crippen LogP contribution in [-0.4, -0.2) is 11.7 Å². The Kier molecular flexibility index (Phi) is 14.4. The lowest BCUT2D eigenvalue weighted by Gasteiger charge is -2.14. The molecule has 3 aromatic rings. The number of aliphatic hydroxyl groups is 1. The highest BCUT2D eigenvalue weighted by Gasteiger charge is 2.08. The van der Waals surface area contributed by atoms with Crippen molar-refractivity contribution < 1.29 is 14.6 Å². The van der Waals surface area contributed by atoms with Crippen LogP contribution in [0.2, 0.25) is 0 Å². The molecule has 0 saturated heterocycles. The maximum Gasteiger partial charge on any atom is 0.126 e. The van der Waals surface area contributed by atoms with Gasteiger partial charge in [-0.2, -0.15) is 0 Å². The second kappa shape index (κ2) is 18.5. The number of aliphatic hydroxyl groups excluding tert-OH is 1. The molecule has 0 aliphatic rings. The molecule has 0 aromatic heterocycles. The fraction of sp³-hybridized carbons (Fsp3) is 0.471. The fourth-order valence-corrected chi connectivity index (χ4v) is 4.64. The normalized spacial score (nSPS) is 10.9. The third-order valence-electron chi connectivity index (χ3n) is 6.88. The van der Waals surface area contributed by atoms with Gasteiger partial charge in [-0.1, -0.05) is 131 Å². The Bertz CT molecular complexity index is 955. The second-order valence-corrected chi connectivity index (χ2v) is 10.0. The van der Waals surface area contributed by atoms with Crippen LogP contribution >= 0.6 is 0 Å². The van der Waals surface area contributed by atoms with Gasteiger partial charge < -0.3 is 14.6 Å². The summed E-state index contributed by atoms with van der Waals surface area (Å²) in [7, 11) is 0. The Morgan fingerprint density at radius 1 is 0.486 bits per heavy atom. The van der Waals surface area contributed by atoms with Gasteiger partial charge in [0.05, 0.1) is 0 Å². The van der Waals surface area contributed by atoms with Crippen molar-refractivity contribution in [3.05, 3.63) is 95.6 Å². The van der Waals surface area contributed by atoms with Crippen molar-refractivity contribution in [1.29, 1.82) is 0 Å². The van der Waals surface area contributed by atoms with E-state index in [9.17, 15) is 0 Å². The summed E-state index contributed by atoms with van der Waals surface area (Å²) in [5, 5.41) is 8.83. The highest BCUT2D eigenvalue weighted by atomic mass is 16.5. The Balaban J connectivity index is 1.39. The fourth-order valence-electron chi connectivity index (χ4n) is 4.64. The van der Waals surface area contributed by atoms with Gasteiger partial charge in [0.1, 0.15) is 24.7 Å². The highest BCUT2D eigenvalue weighted by Crippen LogP contribution is 2.28. The van der Waals surface area contributed by atoms with E-state index in [0.29, 0.717) is 19.8 Å². The van der Waals surface area contributed by atoms with Gasteiger partial charge in [0.15, 0.2) is 0 Å². The van der Waals surface area contributed by atoms with E-state index in [-0.39, 0.29) is 0 Å². The first-order valence-electron chi connectivity index (χ1n) is 14.4. The molecule has 1 N–H and O–H groups in total. The summed E-state index contributed by atoms with van der Waals surface area (Å²) in [4.78, 5) is 0. The third kappa shape index (κ3) is 12.3. The predicted octanol–water partition coefficient (Wildman–Crippen LogP) is 9.06. The largest absolute Gasteiger partial charge is 0.489 e. The Morgan fingerprint density at radius 2 is 0.973 bits per heavy atom. The SMILES string of the molecule is OCCCCCCCCCCCCCCc1ccc(OCc2ccccc2)cc1OCc1ccccc1. The first-order valence-corrected chi connectivity index (χ1v) is 14.4. The van der Waals surface area contributed by atoms with Crippen LogP contribution in [0.1, 0.15) is 93.7 Å². The van der Waals surface area contributed by atoms with Crippen molar-refractivity contribution in [1.82, 2.24) is 0 Å². The van der Waals surface area contributed by atoms with Crippen LogP contribution in [0.4, 0.5) is 0 Å². The van der Waals surface area contributed by atoms with Gasteiger partial charge in [0.2, 0.25) is 0 Å². The molecular weight excluding hydrogens is 456 g/mol. The maximum absolute atomic E-state index is 8.83. The number of rotatable bonds is 20. The van der Waals surface area contributed by atoms with Crippen molar-refractivity contribution in [3.63, 3.8) is 0 Å². The molecule has 37 heavy (non-hydrogen) atoms. The minimum atomic E-state index is 0.344. The van der Waals surface area contributed by atoms with Gasteiger partial charge in [-0.15, -0.1) is 0 Å². The van der Waals surface area contributed by atoms with Crippen molar-refractivity contribution in [2.75, 3.05) is 6.61 Å². The zero-order chi connectivity index (χ0) is 25.8. The number of benzene rings is 3. The first kappa shape index (κ1) is 28.8. The van der Waals surface area contributed by atoms with E-state index < -0.39 is 0 Å². The van der Waals surface area contributed by atoms with Crippen molar-refractivity contribution in [2.45, 2.75) is 96.7 Å². The molecule has 3 aromatic carbocycles. The summed E-state index contributed by atoms with van der Waals surface area (Å²) < 4.78 is 12.4. The molecule has 0 atom stereocenters. The van der Waals surface area contributed by atoms with E-state index in [4.69, 9.17) is 14.6 Å². The lowest BCUT2D eigenvalue weighted by Crippen LogP contribution is -2.01. The van der Waals surface area contributed by atoms with E-state index in [1.165, 1.54) is 81.8 Å². The van der Waals surface area contributed by atoms with Gasteiger partial charge in [-0.3, -0.25) is 0 Å². The standard InChI is InChI=1S/C34H46O3/c35-26-18-10-8-6-4-2-1-3-5-7-9-17-23-32-24-25-33(36-28-30-19-13-11-14-20-30)27-34(32)37-29-31-21-15-12-16-22-31/h11-16,19-22,24-25,27,35H,1-10,17-18,23,26,28-29H2. The molecule has 200 valence electrons. The van der Waals surface area contributed by atoms with E-state index >= 15 is 0 Å². The molecule has 0 aliphatic carbocycles. The van der Waals surface area contributed by atoms with Gasteiger partial charge in [-0.05, 0) is 42.0 Å². The molecule has 0 amide bonds. The molecule has 0 spiro atoms. The van der Waals surface area contributed by atoms with Crippen LogP contribution in [0.15, 0.2) is 78.9 Å². The monoisotopic (exact) mass is 502 g/mol. The van der Waals surface area contributed by atoms with Crippen molar-refractivity contribution in [2.24, 2.45) is 0 Å². The van der Waals surface area contributed by atoms with E-state index in [2.05, 4.69) is 54.6 Å². The first-order chi connectivity index (χ1) is 18.3. The number of hydrogen-bond donors (Lipinski definition) is 1. The third-order valence-corrected chi connectivity index (χ3v) is 6.88. The van der Waals surface area contributed by atoms with Crippen molar-refractivity contribution in [3.8, 4) is 11.5 Å². The molecule has 3 rings (SSSR count). The van der Waals surface area contributed by atoms with Crippen LogP contribution < -0.4 is 9.47 Å². The summed E-state index contributed by atoms with van der Waals surface area (Å²) >= 11 is 0. The Labute approximate surface area is 224 Å². The molecule has 0 heterocycles. The topological polar surface area (TPSA) is 38.7 Å².